The third-order valence-corrected chi connectivity index (χ3v) is 5.31. The zero-order valence-corrected chi connectivity index (χ0v) is 17.6. The van der Waals surface area contributed by atoms with E-state index in [-0.39, 0.29) is 5.91 Å². The molecule has 0 aliphatic heterocycles. The van der Waals surface area contributed by atoms with Crippen LogP contribution >= 0.6 is 0 Å². The summed E-state index contributed by atoms with van der Waals surface area (Å²) in [5, 5.41) is 3.00. The number of hydrogen-bond acceptors (Lipinski definition) is 3. The quantitative estimate of drug-likeness (QED) is 0.486. The Hall–Kier alpha value is -3.47. The predicted octanol–water partition coefficient (Wildman–Crippen LogP) is 5.20. The molecule has 4 rings (SSSR count). The van der Waals surface area contributed by atoms with E-state index in [4.69, 9.17) is 0 Å². The van der Waals surface area contributed by atoms with E-state index in [9.17, 15) is 4.79 Å². The van der Waals surface area contributed by atoms with Gasteiger partial charge in [0.1, 0.15) is 5.65 Å². The maximum atomic E-state index is 12.7. The van der Waals surface area contributed by atoms with E-state index in [0.29, 0.717) is 11.5 Å². The zero-order valence-electron chi connectivity index (χ0n) is 17.6. The molecule has 0 saturated carbocycles. The molecule has 1 aromatic carbocycles. The number of carbonyl (C=O) groups is 1. The third-order valence-electron chi connectivity index (χ3n) is 5.31. The van der Waals surface area contributed by atoms with Crippen molar-refractivity contribution >= 4 is 17.2 Å². The first-order valence-electron chi connectivity index (χ1n) is 10.3. The monoisotopic (exact) mass is 398 g/mol. The molecule has 0 aliphatic rings. The second kappa shape index (κ2) is 8.49. The van der Waals surface area contributed by atoms with Gasteiger partial charge >= 0.3 is 0 Å². The second-order valence-corrected chi connectivity index (χ2v) is 7.86. The fourth-order valence-corrected chi connectivity index (χ4v) is 3.65. The lowest BCUT2D eigenvalue weighted by Gasteiger charge is -2.08. The van der Waals surface area contributed by atoms with Gasteiger partial charge in [-0.25, -0.2) is 4.98 Å². The van der Waals surface area contributed by atoms with Crippen molar-refractivity contribution in [3.05, 3.63) is 95.2 Å². The lowest BCUT2D eigenvalue weighted by Crippen LogP contribution is -2.12. The van der Waals surface area contributed by atoms with Gasteiger partial charge in [-0.2, -0.15) is 0 Å². The van der Waals surface area contributed by atoms with Crippen LogP contribution in [0.25, 0.3) is 5.65 Å². The van der Waals surface area contributed by atoms with Crippen LogP contribution in [0.15, 0.2) is 67.0 Å². The third kappa shape index (κ3) is 4.25. The number of imidazole rings is 1. The minimum Gasteiger partial charge on any atom is -0.321 e. The highest BCUT2D eigenvalue weighted by Crippen LogP contribution is 2.22. The molecule has 1 amide bonds. The van der Waals surface area contributed by atoms with Gasteiger partial charge < -0.3 is 9.72 Å². The number of carbonyl (C=O) groups excluding carboxylic acids is 1. The van der Waals surface area contributed by atoms with Crippen LogP contribution in [0, 0.1) is 6.92 Å². The maximum absolute atomic E-state index is 12.7. The van der Waals surface area contributed by atoms with Crippen LogP contribution in [0.2, 0.25) is 0 Å². The molecular weight excluding hydrogens is 372 g/mol. The second-order valence-electron chi connectivity index (χ2n) is 7.86. The number of pyridine rings is 2. The topological polar surface area (TPSA) is 59.3 Å². The average Bonchev–Trinajstić information content (AvgIpc) is 3.10. The Kier molecular flexibility index (Phi) is 5.61. The van der Waals surface area contributed by atoms with Crippen molar-refractivity contribution in [1.82, 2.24) is 14.4 Å². The number of anilines is 1. The Bertz CT molecular complexity index is 1160. The van der Waals surface area contributed by atoms with Crippen LogP contribution in [0.3, 0.4) is 0 Å². The molecular formula is C25H26N4O. The molecule has 30 heavy (non-hydrogen) atoms. The number of fused-ring (bicyclic) bond motifs is 1. The standard InChI is InChI=1S/C25H26N4O/c1-17(2)24-18(3)29-16-22(13-14-23(29)28-24)27-25(30)20-10-7-19(8-11-20)9-12-21-6-4-5-15-26-21/h4-8,10-11,13-17H,9,12H2,1-3H3,(H,27,30). The first kappa shape index (κ1) is 19.8. The number of amides is 1. The number of nitrogens with one attached hydrogen (secondary N) is 1. The molecule has 0 saturated heterocycles. The minimum atomic E-state index is -0.118. The molecule has 5 heteroatoms. The summed E-state index contributed by atoms with van der Waals surface area (Å²) in [6.45, 7) is 6.33. The first-order valence-corrected chi connectivity index (χ1v) is 10.3. The van der Waals surface area contributed by atoms with Crippen LogP contribution in [-0.2, 0) is 12.8 Å². The summed E-state index contributed by atoms with van der Waals surface area (Å²) in [4.78, 5) is 21.7. The van der Waals surface area contributed by atoms with Gasteiger partial charge in [0.2, 0.25) is 0 Å². The Morgan fingerprint density at radius 2 is 1.83 bits per heavy atom. The van der Waals surface area contributed by atoms with E-state index >= 15 is 0 Å². The van der Waals surface area contributed by atoms with E-state index in [1.807, 2.05) is 71.4 Å². The Morgan fingerprint density at radius 1 is 1.03 bits per heavy atom. The molecule has 3 aromatic heterocycles. The van der Waals surface area contributed by atoms with E-state index in [1.165, 1.54) is 5.56 Å². The van der Waals surface area contributed by atoms with Gasteiger partial charge in [0.25, 0.3) is 5.91 Å². The average molecular weight is 399 g/mol. The van der Waals surface area contributed by atoms with Crippen molar-refractivity contribution in [3.8, 4) is 0 Å². The Balaban J connectivity index is 1.44. The number of hydrogen-bond donors (Lipinski definition) is 1. The van der Waals surface area contributed by atoms with Crippen LogP contribution in [-0.4, -0.2) is 20.3 Å². The van der Waals surface area contributed by atoms with Gasteiger partial charge in [-0.3, -0.25) is 9.78 Å². The molecule has 0 aliphatic carbocycles. The van der Waals surface area contributed by atoms with Gasteiger partial charge in [0.15, 0.2) is 0 Å². The highest BCUT2D eigenvalue weighted by Gasteiger charge is 2.13. The molecule has 0 unspecified atom stereocenters. The van der Waals surface area contributed by atoms with Crippen LogP contribution in [0.4, 0.5) is 5.69 Å². The van der Waals surface area contributed by atoms with Crippen molar-refractivity contribution in [1.29, 1.82) is 0 Å². The molecule has 0 atom stereocenters. The highest BCUT2D eigenvalue weighted by atomic mass is 16.1. The zero-order chi connectivity index (χ0) is 21.1. The van der Waals surface area contributed by atoms with E-state index in [0.717, 1.165) is 41.3 Å². The van der Waals surface area contributed by atoms with Gasteiger partial charge in [-0.15, -0.1) is 0 Å². The van der Waals surface area contributed by atoms with Gasteiger partial charge in [-0.1, -0.05) is 32.0 Å². The number of aromatic nitrogens is 3. The summed E-state index contributed by atoms with van der Waals surface area (Å²) >= 11 is 0. The smallest absolute Gasteiger partial charge is 0.255 e. The summed E-state index contributed by atoms with van der Waals surface area (Å²) in [7, 11) is 0. The number of nitrogens with zero attached hydrogens (tertiary/aromatic N) is 3. The summed E-state index contributed by atoms with van der Waals surface area (Å²) in [5.74, 6) is 0.242. The molecule has 5 nitrogen and oxygen atoms in total. The Labute approximate surface area is 176 Å². The van der Waals surface area contributed by atoms with E-state index in [2.05, 4.69) is 36.1 Å². The van der Waals surface area contributed by atoms with Crippen molar-refractivity contribution < 1.29 is 4.79 Å². The normalized spacial score (nSPS) is 11.2. The van der Waals surface area contributed by atoms with Crippen molar-refractivity contribution in [2.24, 2.45) is 0 Å². The van der Waals surface area contributed by atoms with Crippen molar-refractivity contribution in [2.75, 3.05) is 5.32 Å². The maximum Gasteiger partial charge on any atom is 0.255 e. The van der Waals surface area contributed by atoms with E-state index in [1.54, 1.807) is 0 Å². The van der Waals surface area contributed by atoms with Crippen LogP contribution in [0.1, 0.15) is 52.8 Å². The lowest BCUT2D eigenvalue weighted by atomic mass is 10.1. The van der Waals surface area contributed by atoms with Crippen LogP contribution in [0.5, 0.6) is 0 Å². The summed E-state index contributed by atoms with van der Waals surface area (Å²) in [6.07, 6.45) is 5.53. The summed E-state index contributed by atoms with van der Waals surface area (Å²) in [6, 6.07) is 17.6. The van der Waals surface area contributed by atoms with Crippen LogP contribution < -0.4 is 5.32 Å². The Morgan fingerprint density at radius 3 is 2.53 bits per heavy atom. The van der Waals surface area contributed by atoms with Gasteiger partial charge in [0.05, 0.1) is 11.4 Å². The molecule has 0 spiro atoms. The molecule has 152 valence electrons. The summed E-state index contributed by atoms with van der Waals surface area (Å²) in [5.41, 5.74) is 6.74. The molecule has 3 heterocycles. The minimum absolute atomic E-state index is 0.118. The lowest BCUT2D eigenvalue weighted by molar-refractivity contribution is 0.102. The molecule has 0 radical (unpaired) electrons. The molecule has 0 fully saturated rings. The predicted molar refractivity (Wildman–Crippen MR) is 120 cm³/mol. The first-order chi connectivity index (χ1) is 14.5. The van der Waals surface area contributed by atoms with Crippen molar-refractivity contribution in [3.63, 3.8) is 0 Å². The molecule has 1 N–H and O–H groups in total. The van der Waals surface area contributed by atoms with Gasteiger partial charge in [-0.05, 0) is 67.6 Å². The SMILES string of the molecule is Cc1c(C(C)C)nc2ccc(NC(=O)c3ccc(CCc4ccccn4)cc3)cn12. The largest absolute Gasteiger partial charge is 0.321 e. The molecule has 4 aromatic rings. The molecule has 0 bridgehead atoms. The number of rotatable bonds is 6. The van der Waals surface area contributed by atoms with Gasteiger partial charge in [0, 0.05) is 29.3 Å². The van der Waals surface area contributed by atoms with E-state index < -0.39 is 0 Å². The highest BCUT2D eigenvalue weighted by molar-refractivity contribution is 6.04. The fourth-order valence-electron chi connectivity index (χ4n) is 3.65. The van der Waals surface area contributed by atoms with Crippen molar-refractivity contribution in [2.45, 2.75) is 39.5 Å². The summed E-state index contributed by atoms with van der Waals surface area (Å²) < 4.78 is 2.03. The number of benzene rings is 1. The fraction of sp³-hybridized carbons (Fsp3) is 0.240. The number of aryl methyl sites for hydroxylation is 3.